The van der Waals surface area contributed by atoms with Crippen molar-refractivity contribution in [1.82, 2.24) is 4.98 Å². The van der Waals surface area contributed by atoms with E-state index in [1.165, 1.54) is 12.3 Å². The maximum Gasteiger partial charge on any atom is 0.354 e. The molecule has 6 heteroatoms. The summed E-state index contributed by atoms with van der Waals surface area (Å²) in [5.41, 5.74) is 0.414. The third-order valence-electron chi connectivity index (χ3n) is 2.47. The number of thioether (sulfide) groups is 1. The molecule has 1 amide bonds. The number of pyridine rings is 1. The van der Waals surface area contributed by atoms with Gasteiger partial charge in [-0.15, -0.1) is 11.8 Å². The van der Waals surface area contributed by atoms with Crippen molar-refractivity contribution in [2.75, 3.05) is 11.1 Å². The summed E-state index contributed by atoms with van der Waals surface area (Å²) in [7, 11) is 0. The summed E-state index contributed by atoms with van der Waals surface area (Å²) in [6.45, 7) is 0. The molecule has 1 atom stereocenters. The van der Waals surface area contributed by atoms with Crippen molar-refractivity contribution >= 4 is 29.3 Å². The SMILES string of the molecule is O=C(O)c1cc(NC(=O)C2CCCS2)ccn1. The highest BCUT2D eigenvalue weighted by Crippen LogP contribution is 2.27. The molecule has 0 bridgehead atoms. The van der Waals surface area contributed by atoms with E-state index < -0.39 is 5.97 Å². The second kappa shape index (κ2) is 5.18. The van der Waals surface area contributed by atoms with Crippen LogP contribution in [-0.2, 0) is 4.79 Å². The number of rotatable bonds is 3. The van der Waals surface area contributed by atoms with E-state index in [0.717, 1.165) is 18.6 Å². The molecule has 1 fully saturated rings. The van der Waals surface area contributed by atoms with Crippen molar-refractivity contribution in [2.24, 2.45) is 0 Å². The van der Waals surface area contributed by atoms with Gasteiger partial charge in [-0.25, -0.2) is 9.78 Å². The van der Waals surface area contributed by atoms with Crippen LogP contribution in [0.4, 0.5) is 5.69 Å². The van der Waals surface area contributed by atoms with Crippen LogP contribution in [-0.4, -0.2) is 33.0 Å². The number of nitrogens with zero attached hydrogens (tertiary/aromatic N) is 1. The van der Waals surface area contributed by atoms with Crippen LogP contribution in [0.15, 0.2) is 18.3 Å². The number of aromatic nitrogens is 1. The molecular weight excluding hydrogens is 240 g/mol. The molecule has 2 N–H and O–H groups in total. The van der Waals surface area contributed by atoms with Gasteiger partial charge in [-0.05, 0) is 30.7 Å². The summed E-state index contributed by atoms with van der Waals surface area (Å²) >= 11 is 1.64. The minimum absolute atomic E-state index is 0.0172. The normalized spacial score (nSPS) is 18.9. The van der Waals surface area contributed by atoms with E-state index in [9.17, 15) is 9.59 Å². The number of hydrogen-bond acceptors (Lipinski definition) is 4. The van der Waals surface area contributed by atoms with Crippen molar-refractivity contribution in [2.45, 2.75) is 18.1 Å². The predicted octanol–water partition coefficient (Wildman–Crippen LogP) is 1.61. The third-order valence-corrected chi connectivity index (χ3v) is 3.85. The first-order valence-corrected chi connectivity index (χ1v) is 6.33. The van der Waals surface area contributed by atoms with Gasteiger partial charge in [-0.1, -0.05) is 0 Å². The molecule has 0 aliphatic carbocycles. The first-order chi connectivity index (χ1) is 8.16. The molecule has 2 heterocycles. The molecule has 5 nitrogen and oxygen atoms in total. The van der Waals surface area contributed by atoms with Crippen molar-refractivity contribution in [3.05, 3.63) is 24.0 Å². The monoisotopic (exact) mass is 252 g/mol. The van der Waals surface area contributed by atoms with Crippen molar-refractivity contribution in [3.63, 3.8) is 0 Å². The predicted molar refractivity (Wildman–Crippen MR) is 65.3 cm³/mol. The fourth-order valence-electron chi connectivity index (χ4n) is 1.63. The van der Waals surface area contributed by atoms with Crippen LogP contribution in [0.25, 0.3) is 0 Å². The number of carbonyl (C=O) groups is 2. The Balaban J connectivity index is 2.05. The van der Waals surface area contributed by atoms with Crippen molar-refractivity contribution < 1.29 is 14.7 Å². The molecule has 1 aromatic rings. The van der Waals surface area contributed by atoms with Gasteiger partial charge < -0.3 is 10.4 Å². The number of nitrogens with one attached hydrogen (secondary N) is 1. The van der Waals surface area contributed by atoms with E-state index in [-0.39, 0.29) is 16.9 Å². The van der Waals surface area contributed by atoms with Gasteiger partial charge in [0.1, 0.15) is 5.69 Å². The van der Waals surface area contributed by atoms with E-state index in [1.807, 2.05) is 0 Å². The Morgan fingerprint density at radius 2 is 2.35 bits per heavy atom. The zero-order chi connectivity index (χ0) is 12.3. The summed E-state index contributed by atoms with van der Waals surface area (Å²) in [4.78, 5) is 26.2. The molecule has 1 saturated heterocycles. The van der Waals surface area contributed by atoms with Crippen LogP contribution in [0.5, 0.6) is 0 Å². The molecule has 0 spiro atoms. The van der Waals surface area contributed by atoms with Gasteiger partial charge in [0.05, 0.1) is 5.25 Å². The highest BCUT2D eigenvalue weighted by atomic mass is 32.2. The molecule has 1 aliphatic heterocycles. The van der Waals surface area contributed by atoms with Gasteiger partial charge in [-0.3, -0.25) is 4.79 Å². The molecule has 90 valence electrons. The van der Waals surface area contributed by atoms with E-state index in [4.69, 9.17) is 5.11 Å². The van der Waals surface area contributed by atoms with Gasteiger partial charge in [0.25, 0.3) is 0 Å². The standard InChI is InChI=1S/C11H12N2O3S/c14-10(9-2-1-5-17-9)13-7-3-4-12-8(6-7)11(15)16/h3-4,6,9H,1-2,5H2,(H,15,16)(H,12,13,14). The summed E-state index contributed by atoms with van der Waals surface area (Å²) in [6.07, 6.45) is 3.31. The second-order valence-electron chi connectivity index (χ2n) is 3.73. The molecule has 1 aliphatic rings. The maximum absolute atomic E-state index is 11.8. The van der Waals surface area contributed by atoms with E-state index in [0.29, 0.717) is 5.69 Å². The quantitative estimate of drug-likeness (QED) is 0.854. The molecule has 0 radical (unpaired) electrons. The maximum atomic E-state index is 11.8. The molecule has 2 rings (SSSR count). The number of carboxylic acids is 1. The highest BCUT2D eigenvalue weighted by Gasteiger charge is 2.23. The fraction of sp³-hybridized carbons (Fsp3) is 0.364. The van der Waals surface area contributed by atoms with E-state index >= 15 is 0 Å². The smallest absolute Gasteiger partial charge is 0.354 e. The molecule has 1 aromatic heterocycles. The molecule has 0 saturated carbocycles. The zero-order valence-corrected chi connectivity index (χ0v) is 9.87. The largest absolute Gasteiger partial charge is 0.477 e. The average molecular weight is 252 g/mol. The van der Waals surface area contributed by atoms with Gasteiger partial charge in [-0.2, -0.15) is 0 Å². The van der Waals surface area contributed by atoms with E-state index in [1.54, 1.807) is 17.8 Å². The molecule has 17 heavy (non-hydrogen) atoms. The second-order valence-corrected chi connectivity index (χ2v) is 5.04. The minimum atomic E-state index is -1.10. The number of amides is 1. The van der Waals surface area contributed by atoms with Crippen molar-refractivity contribution in [3.8, 4) is 0 Å². The van der Waals surface area contributed by atoms with Crippen LogP contribution in [0.1, 0.15) is 23.3 Å². The van der Waals surface area contributed by atoms with Gasteiger partial charge >= 0.3 is 5.97 Å². The van der Waals surface area contributed by atoms with Crippen LogP contribution < -0.4 is 5.32 Å². The topological polar surface area (TPSA) is 79.3 Å². The molecule has 1 unspecified atom stereocenters. The Labute approximate surface area is 103 Å². The number of aromatic carboxylic acids is 1. The Kier molecular flexibility index (Phi) is 3.63. The lowest BCUT2D eigenvalue weighted by Crippen LogP contribution is -2.23. The fourth-order valence-corrected chi connectivity index (χ4v) is 2.79. The number of carbonyl (C=O) groups excluding carboxylic acids is 1. The lowest BCUT2D eigenvalue weighted by atomic mass is 10.2. The summed E-state index contributed by atoms with van der Waals surface area (Å²) in [5.74, 6) is -0.152. The molecular formula is C11H12N2O3S. The van der Waals surface area contributed by atoms with Crippen LogP contribution in [0.3, 0.4) is 0 Å². The summed E-state index contributed by atoms with van der Waals surface area (Å²) in [6, 6.07) is 2.95. The highest BCUT2D eigenvalue weighted by molar-refractivity contribution is 8.00. The number of hydrogen-bond donors (Lipinski definition) is 2. The lowest BCUT2D eigenvalue weighted by Gasteiger charge is -2.09. The van der Waals surface area contributed by atoms with Gasteiger partial charge in [0.2, 0.25) is 5.91 Å². The van der Waals surface area contributed by atoms with Crippen molar-refractivity contribution in [1.29, 1.82) is 0 Å². The number of carboxylic acid groups (broad SMARTS) is 1. The van der Waals surface area contributed by atoms with Crippen LogP contribution in [0.2, 0.25) is 0 Å². The number of anilines is 1. The lowest BCUT2D eigenvalue weighted by molar-refractivity contribution is -0.115. The average Bonchev–Trinajstić information content (AvgIpc) is 2.82. The Hall–Kier alpha value is -1.56. The third kappa shape index (κ3) is 2.97. The van der Waals surface area contributed by atoms with Gasteiger partial charge in [0.15, 0.2) is 0 Å². The van der Waals surface area contributed by atoms with Gasteiger partial charge in [0, 0.05) is 11.9 Å². The summed E-state index contributed by atoms with van der Waals surface area (Å²) in [5, 5.41) is 11.5. The minimum Gasteiger partial charge on any atom is -0.477 e. The Bertz CT molecular complexity index is 444. The Morgan fingerprint density at radius 1 is 1.53 bits per heavy atom. The summed E-state index contributed by atoms with van der Waals surface area (Å²) < 4.78 is 0. The first-order valence-electron chi connectivity index (χ1n) is 5.28. The van der Waals surface area contributed by atoms with Crippen LogP contribution in [0, 0.1) is 0 Å². The molecule has 0 aromatic carbocycles. The zero-order valence-electron chi connectivity index (χ0n) is 9.05. The Morgan fingerprint density at radius 3 is 3.00 bits per heavy atom. The van der Waals surface area contributed by atoms with Crippen LogP contribution >= 0.6 is 11.8 Å². The first kappa shape index (κ1) is 11.9. The van der Waals surface area contributed by atoms with E-state index in [2.05, 4.69) is 10.3 Å².